The second kappa shape index (κ2) is 17.8. The number of halogens is 1. The summed E-state index contributed by atoms with van der Waals surface area (Å²) in [5, 5.41) is 16.7. The Bertz CT molecular complexity index is 2630. The number of allylic oxidation sites excluding steroid dienone is 1. The topological polar surface area (TPSA) is 169 Å². The maximum Gasteiger partial charge on any atom is 0.293 e. The van der Waals surface area contributed by atoms with Gasteiger partial charge in [-0.15, -0.1) is 0 Å². The zero-order valence-electron chi connectivity index (χ0n) is 34.2. The number of aromatic nitrogens is 2. The number of nitrogens with one attached hydrogen (secondary N) is 3. The number of amides is 1. The zero-order valence-corrected chi connectivity index (χ0v) is 35.8. The summed E-state index contributed by atoms with van der Waals surface area (Å²) in [6.45, 7) is 8.82. The number of benzene rings is 3. The van der Waals surface area contributed by atoms with E-state index in [9.17, 15) is 23.3 Å². The van der Waals surface area contributed by atoms with E-state index in [0.717, 1.165) is 85.8 Å². The van der Waals surface area contributed by atoms with Crippen molar-refractivity contribution in [3.63, 3.8) is 0 Å². The number of sulfonamides is 1. The molecule has 1 saturated heterocycles. The van der Waals surface area contributed by atoms with Gasteiger partial charge in [0.15, 0.2) is 0 Å². The number of hydrogen-bond donors (Lipinski definition) is 3. The number of nitro groups is 1. The molecule has 0 unspecified atom stereocenters. The number of ether oxygens (including phenoxy) is 2. The van der Waals surface area contributed by atoms with Crippen molar-refractivity contribution in [3.8, 4) is 11.5 Å². The Morgan fingerprint density at radius 1 is 1.05 bits per heavy atom. The number of hydrogen-bond acceptors (Lipinski definition) is 10. The third-order valence-electron chi connectivity index (χ3n) is 11.9. The number of aromatic amines is 1. The first-order valence-electron chi connectivity index (χ1n) is 20.6. The Labute approximate surface area is 360 Å². The fourth-order valence-electron chi connectivity index (χ4n) is 8.37. The number of nitro benzene ring substituents is 1. The molecule has 0 radical (unpaired) electrons. The minimum atomic E-state index is -4.55. The van der Waals surface area contributed by atoms with Gasteiger partial charge in [-0.25, -0.2) is 18.1 Å². The van der Waals surface area contributed by atoms with Crippen molar-refractivity contribution in [3.05, 3.63) is 129 Å². The van der Waals surface area contributed by atoms with Gasteiger partial charge in [-0.2, -0.15) is 0 Å². The maximum absolute atomic E-state index is 13.9. The molecule has 0 bridgehead atoms. The van der Waals surface area contributed by atoms with Crippen LogP contribution in [0, 0.1) is 21.4 Å². The lowest BCUT2D eigenvalue weighted by molar-refractivity contribution is -0.384. The third-order valence-corrected chi connectivity index (χ3v) is 13.5. The first kappa shape index (κ1) is 42.2. The third kappa shape index (κ3) is 9.99. The molecule has 0 spiro atoms. The molecular weight excluding hydrogens is 816 g/mol. The molecule has 1 amide bonds. The SMILES string of the molecule is CC1(C)CCC(CN2CC=C(c3ccc(C(=O)NS(=O)(=O)c4ccc(NCC5CCOCC5)c([N+](=O)[O-])c4)c(Oc4cnc5[nH]ccc5c4)c3)CC2)=C(c2ccc(Cl)cc2)C1. The van der Waals surface area contributed by atoms with Gasteiger partial charge in [-0.3, -0.25) is 19.8 Å². The molecule has 0 saturated carbocycles. The van der Waals surface area contributed by atoms with Crippen molar-refractivity contribution in [2.45, 2.75) is 57.3 Å². The van der Waals surface area contributed by atoms with Gasteiger partial charge < -0.3 is 19.8 Å². The molecule has 61 heavy (non-hydrogen) atoms. The Kier molecular flexibility index (Phi) is 12.3. The van der Waals surface area contributed by atoms with Crippen LogP contribution in [0.4, 0.5) is 11.4 Å². The van der Waals surface area contributed by atoms with Gasteiger partial charge >= 0.3 is 0 Å². The number of anilines is 1. The molecular formula is C46H49ClN6O7S. The van der Waals surface area contributed by atoms with E-state index in [1.807, 2.05) is 18.2 Å². The first-order valence-corrected chi connectivity index (χ1v) is 22.5. The van der Waals surface area contributed by atoms with Gasteiger partial charge in [0, 0.05) is 62.1 Å². The Balaban J connectivity index is 1.03. The van der Waals surface area contributed by atoms with Crippen molar-refractivity contribution in [2.24, 2.45) is 11.3 Å². The van der Waals surface area contributed by atoms with E-state index >= 15 is 0 Å². The lowest BCUT2D eigenvalue weighted by Gasteiger charge is -2.36. The largest absolute Gasteiger partial charge is 0.455 e. The number of rotatable bonds is 13. The molecule has 4 heterocycles. The van der Waals surface area contributed by atoms with Crippen LogP contribution in [0.1, 0.15) is 73.9 Å². The monoisotopic (exact) mass is 864 g/mol. The summed E-state index contributed by atoms with van der Waals surface area (Å²) in [7, 11) is -4.55. The normalized spacial score (nSPS) is 17.5. The number of carbonyl (C=O) groups is 1. The summed E-state index contributed by atoms with van der Waals surface area (Å²) in [4.78, 5) is 34.8. The van der Waals surface area contributed by atoms with Gasteiger partial charge in [0.05, 0.1) is 21.6 Å². The van der Waals surface area contributed by atoms with Gasteiger partial charge in [0.2, 0.25) is 0 Å². The van der Waals surface area contributed by atoms with Crippen molar-refractivity contribution in [2.75, 3.05) is 44.7 Å². The highest BCUT2D eigenvalue weighted by atomic mass is 35.5. The van der Waals surface area contributed by atoms with E-state index in [-0.39, 0.29) is 28.3 Å². The van der Waals surface area contributed by atoms with Crippen LogP contribution >= 0.6 is 11.6 Å². The van der Waals surface area contributed by atoms with Crippen molar-refractivity contribution in [1.82, 2.24) is 19.6 Å². The van der Waals surface area contributed by atoms with Crippen molar-refractivity contribution in [1.29, 1.82) is 0 Å². The Morgan fingerprint density at radius 3 is 2.59 bits per heavy atom. The summed E-state index contributed by atoms with van der Waals surface area (Å²) in [6, 6.07) is 20.4. The minimum absolute atomic E-state index is 0.0364. The number of H-pyrrole nitrogens is 1. The summed E-state index contributed by atoms with van der Waals surface area (Å²) in [5.41, 5.74) is 6.63. The number of pyridine rings is 1. The van der Waals surface area contributed by atoms with E-state index in [1.165, 1.54) is 35.0 Å². The molecule has 0 atom stereocenters. The highest BCUT2D eigenvalue weighted by molar-refractivity contribution is 7.90. The smallest absolute Gasteiger partial charge is 0.293 e. The van der Waals surface area contributed by atoms with Gasteiger partial charge in [0.1, 0.15) is 22.8 Å². The van der Waals surface area contributed by atoms with E-state index in [4.69, 9.17) is 21.1 Å². The van der Waals surface area contributed by atoms with E-state index in [0.29, 0.717) is 31.2 Å². The van der Waals surface area contributed by atoms with Crippen molar-refractivity contribution >= 4 is 61.1 Å². The van der Waals surface area contributed by atoms with Crippen LogP contribution < -0.4 is 14.8 Å². The molecule has 1 aliphatic carbocycles. The van der Waals surface area contributed by atoms with Crippen LogP contribution in [0.5, 0.6) is 11.5 Å². The van der Waals surface area contributed by atoms with Crippen LogP contribution in [-0.2, 0) is 14.8 Å². The van der Waals surface area contributed by atoms with E-state index in [2.05, 4.69) is 57.0 Å². The molecule has 3 N–H and O–H groups in total. The van der Waals surface area contributed by atoms with E-state index < -0.39 is 31.4 Å². The fourth-order valence-corrected chi connectivity index (χ4v) is 9.48. The van der Waals surface area contributed by atoms with Crippen LogP contribution in [0.3, 0.4) is 0 Å². The second-order valence-electron chi connectivity index (χ2n) is 16.9. The predicted molar refractivity (Wildman–Crippen MR) is 237 cm³/mol. The lowest BCUT2D eigenvalue weighted by Crippen LogP contribution is -2.32. The molecule has 13 nitrogen and oxygen atoms in total. The molecule has 2 aromatic heterocycles. The molecule has 3 aromatic carbocycles. The average Bonchev–Trinajstić information content (AvgIpc) is 3.72. The summed E-state index contributed by atoms with van der Waals surface area (Å²) in [6.07, 6.45) is 11.1. The molecule has 318 valence electrons. The van der Waals surface area contributed by atoms with Crippen LogP contribution in [-0.4, -0.2) is 73.5 Å². The Hall–Kier alpha value is -5.54. The molecule has 2 aliphatic heterocycles. The highest BCUT2D eigenvalue weighted by Gasteiger charge is 2.30. The standard InChI is InChI=1S/C46H49ClN6O7S/c1-46(2)17-11-35(40(26-46)32-3-6-36(47)7-4-32)29-52-19-13-31(14-20-52)33-5-9-39(43(24-33)60-37-23-34-12-18-48-44(34)50-28-37)45(54)51-61(57,58)38-8-10-41(42(25-38)53(55)56)49-27-30-15-21-59-22-16-30/h3-10,12-13,18,23-25,28,30,49H,11,14-17,19-22,26-27,29H2,1-2H3,(H,48,50)(H,51,54). The summed E-state index contributed by atoms with van der Waals surface area (Å²) in [5.74, 6) is -0.197. The van der Waals surface area contributed by atoms with Gasteiger partial charge in [0.25, 0.3) is 21.6 Å². The Morgan fingerprint density at radius 2 is 1.84 bits per heavy atom. The predicted octanol–water partition coefficient (Wildman–Crippen LogP) is 9.63. The lowest BCUT2D eigenvalue weighted by atomic mass is 9.72. The number of carbonyl (C=O) groups excluding carboxylic acids is 1. The van der Waals surface area contributed by atoms with Crippen LogP contribution in [0.2, 0.25) is 5.02 Å². The summed E-state index contributed by atoms with van der Waals surface area (Å²) < 4.78 is 41.2. The quantitative estimate of drug-likeness (QED) is 0.0766. The maximum atomic E-state index is 13.9. The summed E-state index contributed by atoms with van der Waals surface area (Å²) >= 11 is 6.24. The van der Waals surface area contributed by atoms with Crippen LogP contribution in [0.25, 0.3) is 22.2 Å². The minimum Gasteiger partial charge on any atom is -0.455 e. The second-order valence-corrected chi connectivity index (χ2v) is 19.0. The van der Waals surface area contributed by atoms with Crippen molar-refractivity contribution < 1.29 is 27.6 Å². The molecule has 8 rings (SSSR count). The molecule has 5 aromatic rings. The fraction of sp³-hybridized carbons (Fsp3) is 0.348. The zero-order chi connectivity index (χ0) is 42.7. The first-order chi connectivity index (χ1) is 29.3. The van der Waals surface area contributed by atoms with Crippen LogP contribution in [0.15, 0.2) is 102 Å². The molecule has 3 aliphatic rings. The molecule has 1 fully saturated rings. The average molecular weight is 865 g/mol. The van der Waals surface area contributed by atoms with E-state index in [1.54, 1.807) is 30.5 Å². The van der Waals surface area contributed by atoms with Gasteiger partial charge in [-0.1, -0.05) is 55.3 Å². The molecule has 15 heteroatoms. The highest BCUT2D eigenvalue weighted by Crippen LogP contribution is 2.44. The number of fused-ring (bicyclic) bond motifs is 1. The number of nitrogens with zero attached hydrogens (tertiary/aromatic N) is 3. The van der Waals surface area contributed by atoms with Gasteiger partial charge in [-0.05, 0) is 121 Å².